The van der Waals surface area contributed by atoms with E-state index in [0.29, 0.717) is 19.0 Å². The van der Waals surface area contributed by atoms with Crippen molar-refractivity contribution in [1.82, 2.24) is 20.1 Å². The molecule has 3 aromatic rings. The van der Waals surface area contributed by atoms with Gasteiger partial charge in [-0.15, -0.1) is 0 Å². The third-order valence-corrected chi connectivity index (χ3v) is 5.98. The number of hydrogen-bond donors (Lipinski definition) is 2. The van der Waals surface area contributed by atoms with Crippen LogP contribution >= 0.6 is 0 Å². The van der Waals surface area contributed by atoms with E-state index in [-0.39, 0.29) is 23.3 Å². The monoisotopic (exact) mass is 420 g/mol. The van der Waals surface area contributed by atoms with Crippen molar-refractivity contribution < 1.29 is 4.74 Å². The van der Waals surface area contributed by atoms with Gasteiger partial charge in [0.1, 0.15) is 5.82 Å². The number of likely N-dealkylation sites (tertiary alicyclic amines) is 1. The molecular formula is C25H32N4O2. The number of piperidine rings is 1. The first-order valence-electron chi connectivity index (χ1n) is 11.0. The molecule has 1 fully saturated rings. The quantitative estimate of drug-likeness (QED) is 0.623. The Balaban J connectivity index is 1.54. The van der Waals surface area contributed by atoms with Gasteiger partial charge in [0.25, 0.3) is 0 Å². The Hall–Kier alpha value is -2.70. The van der Waals surface area contributed by atoms with Crippen molar-refractivity contribution >= 4 is 0 Å². The van der Waals surface area contributed by atoms with E-state index in [9.17, 15) is 4.79 Å². The van der Waals surface area contributed by atoms with Crippen molar-refractivity contribution in [2.75, 3.05) is 6.54 Å². The third-order valence-electron chi connectivity index (χ3n) is 5.98. The summed E-state index contributed by atoms with van der Waals surface area (Å²) in [6.45, 7) is 8.81. The molecule has 164 valence electrons. The van der Waals surface area contributed by atoms with Gasteiger partial charge in [-0.25, -0.2) is 9.89 Å². The van der Waals surface area contributed by atoms with E-state index in [1.165, 1.54) is 16.7 Å². The van der Waals surface area contributed by atoms with E-state index in [1.54, 1.807) is 0 Å². The van der Waals surface area contributed by atoms with Crippen LogP contribution in [-0.2, 0) is 23.3 Å². The average Bonchev–Trinajstić information content (AvgIpc) is 3.17. The summed E-state index contributed by atoms with van der Waals surface area (Å²) in [6, 6.07) is 19.3. The second-order valence-corrected chi connectivity index (χ2v) is 9.39. The second kappa shape index (κ2) is 9.20. The molecule has 1 aliphatic heterocycles. The van der Waals surface area contributed by atoms with Gasteiger partial charge < -0.3 is 4.74 Å². The molecule has 6 nitrogen and oxygen atoms in total. The Bertz CT molecular complexity index is 1040. The normalized spacial score (nSPS) is 20.1. The van der Waals surface area contributed by atoms with E-state index in [4.69, 9.17) is 4.74 Å². The van der Waals surface area contributed by atoms with Crippen LogP contribution in [0.3, 0.4) is 0 Å². The zero-order valence-electron chi connectivity index (χ0n) is 18.6. The van der Waals surface area contributed by atoms with Gasteiger partial charge in [0, 0.05) is 0 Å². The molecule has 2 N–H and O–H groups in total. The minimum Gasteiger partial charge on any atom is -0.372 e. The molecule has 0 spiro atoms. The zero-order valence-corrected chi connectivity index (χ0v) is 18.6. The molecule has 0 aliphatic carbocycles. The van der Waals surface area contributed by atoms with Crippen LogP contribution in [-0.4, -0.2) is 32.7 Å². The van der Waals surface area contributed by atoms with Crippen LogP contribution < -0.4 is 5.69 Å². The summed E-state index contributed by atoms with van der Waals surface area (Å²) in [6.07, 6.45) is 2.12. The fraction of sp³-hybridized carbons (Fsp3) is 0.440. The van der Waals surface area contributed by atoms with Crippen molar-refractivity contribution in [3.05, 3.63) is 87.6 Å². The Kier molecular flexibility index (Phi) is 6.39. The number of nitrogens with zero attached hydrogens (tertiary/aromatic N) is 2. The fourth-order valence-corrected chi connectivity index (χ4v) is 4.36. The molecule has 0 saturated carbocycles. The Labute approximate surface area is 183 Å². The van der Waals surface area contributed by atoms with Crippen molar-refractivity contribution in [1.29, 1.82) is 0 Å². The molecule has 1 saturated heterocycles. The van der Waals surface area contributed by atoms with Crippen molar-refractivity contribution in [2.24, 2.45) is 0 Å². The SMILES string of the molecule is CC(C)(C)c1cccc(CO[C@H]2CCCN(Cc3n[nH]c(=O)[nH]3)[C@H]2c2ccccc2)c1. The molecule has 2 aromatic carbocycles. The molecule has 1 aliphatic rings. The average molecular weight is 421 g/mol. The highest BCUT2D eigenvalue weighted by Crippen LogP contribution is 2.34. The van der Waals surface area contributed by atoms with Crippen molar-refractivity contribution in [3.8, 4) is 0 Å². The lowest BCUT2D eigenvalue weighted by Gasteiger charge is -2.41. The molecule has 0 amide bonds. The maximum Gasteiger partial charge on any atom is 0.340 e. The largest absolute Gasteiger partial charge is 0.372 e. The smallest absolute Gasteiger partial charge is 0.340 e. The molecule has 4 rings (SSSR count). The maximum atomic E-state index is 11.5. The maximum absolute atomic E-state index is 11.5. The van der Waals surface area contributed by atoms with E-state index in [0.717, 1.165) is 19.4 Å². The topological polar surface area (TPSA) is 74.0 Å². The van der Waals surface area contributed by atoms with Crippen LogP contribution in [0.4, 0.5) is 0 Å². The number of benzene rings is 2. The van der Waals surface area contributed by atoms with Crippen LogP contribution in [0.15, 0.2) is 59.4 Å². The minimum atomic E-state index is -0.269. The summed E-state index contributed by atoms with van der Waals surface area (Å²) in [5.41, 5.74) is 3.60. The first-order valence-corrected chi connectivity index (χ1v) is 11.0. The predicted molar refractivity (Wildman–Crippen MR) is 122 cm³/mol. The van der Waals surface area contributed by atoms with Gasteiger partial charge >= 0.3 is 5.69 Å². The number of aromatic nitrogens is 3. The van der Waals surface area contributed by atoms with Crippen LogP contribution in [0.1, 0.15) is 62.2 Å². The Morgan fingerprint density at radius 1 is 1.13 bits per heavy atom. The first-order chi connectivity index (χ1) is 14.9. The molecule has 0 bridgehead atoms. The van der Waals surface area contributed by atoms with E-state index in [1.807, 2.05) is 6.07 Å². The minimum absolute atomic E-state index is 0.0695. The van der Waals surface area contributed by atoms with Crippen LogP contribution in [0, 0.1) is 0 Å². The lowest BCUT2D eigenvalue weighted by Crippen LogP contribution is -2.42. The molecule has 0 unspecified atom stereocenters. The Morgan fingerprint density at radius 2 is 1.94 bits per heavy atom. The number of H-pyrrole nitrogens is 2. The highest BCUT2D eigenvalue weighted by Gasteiger charge is 2.34. The van der Waals surface area contributed by atoms with Crippen LogP contribution in [0.25, 0.3) is 0 Å². The molecule has 31 heavy (non-hydrogen) atoms. The standard InChI is InChI=1S/C25H32N4O2/c1-25(2,3)20-12-7-9-18(15-20)17-31-21-13-8-14-29(16-22-26-24(30)28-27-22)23(21)19-10-5-4-6-11-19/h4-7,9-12,15,21,23H,8,13-14,16-17H2,1-3H3,(H2,26,27,28,30)/t21-,23-/m0/s1. The fourth-order valence-electron chi connectivity index (χ4n) is 4.36. The summed E-state index contributed by atoms with van der Waals surface area (Å²) in [5, 5.41) is 6.58. The summed E-state index contributed by atoms with van der Waals surface area (Å²) >= 11 is 0. The van der Waals surface area contributed by atoms with Crippen molar-refractivity contribution in [2.45, 2.75) is 64.3 Å². The number of aromatic amines is 2. The predicted octanol–water partition coefficient (Wildman–Crippen LogP) is 4.32. The molecule has 2 atom stereocenters. The lowest BCUT2D eigenvalue weighted by atomic mass is 9.86. The van der Waals surface area contributed by atoms with Gasteiger partial charge in [-0.05, 0) is 41.5 Å². The van der Waals surface area contributed by atoms with Gasteiger partial charge in [0.15, 0.2) is 0 Å². The van der Waals surface area contributed by atoms with Gasteiger partial charge in [-0.2, -0.15) is 5.10 Å². The summed E-state index contributed by atoms with van der Waals surface area (Å²) in [7, 11) is 0. The van der Waals surface area contributed by atoms with E-state index < -0.39 is 0 Å². The summed E-state index contributed by atoms with van der Waals surface area (Å²) in [5.74, 6) is 0.657. The zero-order chi connectivity index (χ0) is 21.8. The number of hydrogen-bond acceptors (Lipinski definition) is 4. The molecule has 2 heterocycles. The number of rotatable bonds is 6. The van der Waals surface area contributed by atoms with Gasteiger partial charge in [-0.3, -0.25) is 9.88 Å². The number of nitrogens with one attached hydrogen (secondary N) is 2. The van der Waals surface area contributed by atoms with Gasteiger partial charge in [-0.1, -0.05) is 75.4 Å². The van der Waals surface area contributed by atoms with E-state index in [2.05, 4.69) is 89.4 Å². The highest BCUT2D eigenvalue weighted by atomic mass is 16.5. The van der Waals surface area contributed by atoms with Gasteiger partial charge in [0.05, 0.1) is 25.3 Å². The van der Waals surface area contributed by atoms with Crippen LogP contribution in [0.2, 0.25) is 0 Å². The first kappa shape index (κ1) is 21.5. The van der Waals surface area contributed by atoms with E-state index >= 15 is 0 Å². The van der Waals surface area contributed by atoms with Gasteiger partial charge in [0.2, 0.25) is 0 Å². The number of ether oxygens (including phenoxy) is 1. The molecule has 6 heteroatoms. The molecule has 1 aromatic heterocycles. The van der Waals surface area contributed by atoms with Crippen molar-refractivity contribution in [3.63, 3.8) is 0 Å². The highest BCUT2D eigenvalue weighted by molar-refractivity contribution is 5.28. The molecule has 0 radical (unpaired) electrons. The second-order valence-electron chi connectivity index (χ2n) is 9.39. The summed E-state index contributed by atoms with van der Waals surface area (Å²) in [4.78, 5) is 16.6. The molecular weight excluding hydrogens is 388 g/mol. The Morgan fingerprint density at radius 3 is 2.65 bits per heavy atom. The summed E-state index contributed by atoms with van der Waals surface area (Å²) < 4.78 is 6.54. The third kappa shape index (κ3) is 5.32. The van der Waals surface area contributed by atoms with Crippen LogP contribution in [0.5, 0.6) is 0 Å². The lowest BCUT2D eigenvalue weighted by molar-refractivity contribution is -0.0560.